The predicted molar refractivity (Wildman–Crippen MR) is 132 cm³/mol. The summed E-state index contributed by atoms with van der Waals surface area (Å²) in [5.74, 6) is 0.654. The van der Waals surface area contributed by atoms with Gasteiger partial charge < -0.3 is 14.6 Å². The third-order valence-corrected chi connectivity index (χ3v) is 7.52. The Morgan fingerprint density at radius 2 is 1.85 bits per heavy atom. The molecule has 0 saturated carbocycles. The average Bonchev–Trinajstić information content (AvgIpc) is 3.30. The fourth-order valence-corrected chi connectivity index (χ4v) is 5.58. The molecule has 3 amide bonds. The third kappa shape index (κ3) is 3.29. The highest BCUT2D eigenvalue weighted by atomic mass is 16.5. The zero-order chi connectivity index (χ0) is 24.0. The van der Waals surface area contributed by atoms with E-state index < -0.39 is 5.54 Å². The quantitative estimate of drug-likeness (QED) is 0.537. The van der Waals surface area contributed by atoms with E-state index in [2.05, 4.69) is 23.7 Å². The molecular formula is C27H32N4O3. The van der Waals surface area contributed by atoms with Crippen LogP contribution in [0, 0.1) is 0 Å². The summed E-state index contributed by atoms with van der Waals surface area (Å²) < 4.78 is 5.48. The molecule has 0 aliphatic carbocycles. The fraction of sp³-hybridized carbons (Fsp3) is 0.407. The summed E-state index contributed by atoms with van der Waals surface area (Å²) in [6, 6.07) is 15.4. The molecule has 0 unspecified atom stereocenters. The van der Waals surface area contributed by atoms with Crippen LogP contribution in [0.2, 0.25) is 0 Å². The molecule has 3 aromatic rings. The summed E-state index contributed by atoms with van der Waals surface area (Å²) in [6.07, 6.45) is 0.463. The van der Waals surface area contributed by atoms with E-state index in [1.54, 1.807) is 7.11 Å². The molecular weight excluding hydrogens is 428 g/mol. The molecule has 5 rings (SSSR count). The van der Waals surface area contributed by atoms with Gasteiger partial charge in [-0.3, -0.25) is 14.6 Å². The summed E-state index contributed by atoms with van der Waals surface area (Å²) in [5.41, 5.74) is 3.06. The van der Waals surface area contributed by atoms with Gasteiger partial charge in [-0.1, -0.05) is 44.2 Å². The van der Waals surface area contributed by atoms with Crippen molar-refractivity contribution in [2.24, 2.45) is 0 Å². The largest absolute Gasteiger partial charge is 0.497 e. The first kappa shape index (κ1) is 22.5. The monoisotopic (exact) mass is 460 g/mol. The smallest absolute Gasteiger partial charge is 0.328 e. The van der Waals surface area contributed by atoms with Gasteiger partial charge in [0.2, 0.25) is 0 Å². The number of nitrogens with one attached hydrogen (secondary N) is 1. The Balaban J connectivity index is 1.64. The van der Waals surface area contributed by atoms with Crippen LogP contribution in [0.25, 0.3) is 10.9 Å². The number of H-pyrrole nitrogens is 1. The first-order valence-corrected chi connectivity index (χ1v) is 12.0. The summed E-state index contributed by atoms with van der Waals surface area (Å²) in [7, 11) is 1.66. The molecule has 2 aliphatic rings. The summed E-state index contributed by atoms with van der Waals surface area (Å²) in [5, 5.41) is 1.04. The Bertz CT molecular complexity index is 1230. The number of methoxy groups -OCH3 is 1. The Morgan fingerprint density at radius 1 is 1.12 bits per heavy atom. The molecule has 2 aliphatic heterocycles. The predicted octanol–water partition coefficient (Wildman–Crippen LogP) is 4.19. The zero-order valence-electron chi connectivity index (χ0n) is 20.3. The lowest BCUT2D eigenvalue weighted by molar-refractivity contribution is -0.133. The minimum Gasteiger partial charge on any atom is -0.497 e. The number of rotatable bonds is 7. The van der Waals surface area contributed by atoms with Crippen LogP contribution in [0.15, 0.2) is 48.5 Å². The van der Waals surface area contributed by atoms with Crippen LogP contribution in [0.3, 0.4) is 0 Å². The SMILES string of the molecule is CCN(CC)CCN1C(=O)N2[C@H](c3ccccc3)c3[nH]c4ccc(OC)cc4c3C[C@@]2(C)C1=O. The lowest BCUT2D eigenvalue weighted by atomic mass is 9.81. The number of benzene rings is 2. The number of imide groups is 1. The number of nitrogens with zero attached hydrogens (tertiary/aromatic N) is 3. The summed E-state index contributed by atoms with van der Waals surface area (Å²) in [6.45, 7) is 8.96. The molecule has 2 aromatic carbocycles. The van der Waals surface area contributed by atoms with Crippen LogP contribution in [0.4, 0.5) is 4.79 Å². The van der Waals surface area contributed by atoms with E-state index >= 15 is 0 Å². The second kappa shape index (κ2) is 8.47. The van der Waals surface area contributed by atoms with Crippen molar-refractivity contribution < 1.29 is 14.3 Å². The highest BCUT2D eigenvalue weighted by Gasteiger charge is 2.60. The Morgan fingerprint density at radius 3 is 2.53 bits per heavy atom. The first-order chi connectivity index (χ1) is 16.4. The molecule has 7 nitrogen and oxygen atoms in total. The number of likely N-dealkylation sites (N-methyl/N-ethyl adjacent to an activating group) is 1. The number of hydrogen-bond donors (Lipinski definition) is 1. The van der Waals surface area contributed by atoms with Gasteiger partial charge in [0.25, 0.3) is 5.91 Å². The number of fused-ring (bicyclic) bond motifs is 4. The van der Waals surface area contributed by atoms with Crippen molar-refractivity contribution in [2.75, 3.05) is 33.3 Å². The van der Waals surface area contributed by atoms with Crippen molar-refractivity contribution in [1.29, 1.82) is 0 Å². The number of hydrogen-bond acceptors (Lipinski definition) is 4. The van der Waals surface area contributed by atoms with Crippen molar-refractivity contribution in [2.45, 2.75) is 38.8 Å². The molecule has 0 bridgehead atoms. The zero-order valence-corrected chi connectivity index (χ0v) is 20.3. The number of aromatic nitrogens is 1. The van der Waals surface area contributed by atoms with Gasteiger partial charge in [-0.15, -0.1) is 0 Å². The van der Waals surface area contributed by atoms with E-state index in [0.717, 1.165) is 46.6 Å². The molecule has 0 radical (unpaired) electrons. The average molecular weight is 461 g/mol. The number of carbonyl (C=O) groups is 2. The molecule has 1 N–H and O–H groups in total. The van der Waals surface area contributed by atoms with Gasteiger partial charge in [0.15, 0.2) is 0 Å². The van der Waals surface area contributed by atoms with Crippen LogP contribution in [-0.2, 0) is 11.2 Å². The molecule has 1 fully saturated rings. The summed E-state index contributed by atoms with van der Waals surface area (Å²) in [4.78, 5) is 36.8. The topological polar surface area (TPSA) is 68.9 Å². The van der Waals surface area contributed by atoms with Crippen LogP contribution >= 0.6 is 0 Å². The first-order valence-electron chi connectivity index (χ1n) is 12.0. The Hall–Kier alpha value is -3.32. The molecule has 2 atom stereocenters. The maximum atomic E-state index is 13.8. The van der Waals surface area contributed by atoms with E-state index in [0.29, 0.717) is 19.5 Å². The molecule has 1 aromatic heterocycles. The Labute approximate surface area is 200 Å². The minimum atomic E-state index is -0.952. The van der Waals surface area contributed by atoms with Crippen molar-refractivity contribution in [3.05, 3.63) is 65.4 Å². The van der Waals surface area contributed by atoms with Crippen molar-refractivity contribution in [3.63, 3.8) is 0 Å². The van der Waals surface area contributed by atoms with Crippen LogP contribution in [-0.4, -0.2) is 70.4 Å². The third-order valence-electron chi connectivity index (χ3n) is 7.52. The van der Waals surface area contributed by atoms with Crippen molar-refractivity contribution >= 4 is 22.8 Å². The highest BCUT2D eigenvalue weighted by molar-refractivity contribution is 6.08. The van der Waals surface area contributed by atoms with Gasteiger partial charge in [-0.05, 0) is 49.3 Å². The summed E-state index contributed by atoms with van der Waals surface area (Å²) >= 11 is 0. The maximum absolute atomic E-state index is 13.8. The van der Waals surface area contributed by atoms with Crippen LogP contribution < -0.4 is 4.74 Å². The molecule has 178 valence electrons. The number of amides is 3. The van der Waals surface area contributed by atoms with Crippen molar-refractivity contribution in [3.8, 4) is 5.75 Å². The van der Waals surface area contributed by atoms with E-state index in [1.165, 1.54) is 4.90 Å². The molecule has 3 heterocycles. The van der Waals surface area contributed by atoms with Gasteiger partial charge in [0.1, 0.15) is 17.3 Å². The van der Waals surface area contributed by atoms with Gasteiger partial charge in [-0.25, -0.2) is 4.79 Å². The maximum Gasteiger partial charge on any atom is 0.328 e. The van der Waals surface area contributed by atoms with Gasteiger partial charge >= 0.3 is 6.03 Å². The lowest BCUT2D eigenvalue weighted by Crippen LogP contribution is -2.53. The standard InChI is InChI=1S/C27H32N4O3/c1-5-29(6-2)14-15-30-25(32)27(3)17-21-20-16-19(34-4)12-13-22(20)28-23(21)24(31(27)26(30)33)18-10-8-7-9-11-18/h7-13,16,24,28H,5-6,14-15,17H2,1-4H3/t24-,27+/m1/s1. The second-order valence-electron chi connectivity index (χ2n) is 9.33. The van der Waals surface area contributed by atoms with Gasteiger partial charge in [0.05, 0.1) is 7.11 Å². The molecule has 0 spiro atoms. The molecule has 7 heteroatoms. The number of carbonyl (C=O) groups excluding carboxylic acids is 2. The lowest BCUT2D eigenvalue weighted by Gasteiger charge is -2.42. The molecule has 1 saturated heterocycles. The minimum absolute atomic E-state index is 0.117. The van der Waals surface area contributed by atoms with Gasteiger partial charge in [-0.2, -0.15) is 0 Å². The van der Waals surface area contributed by atoms with Crippen LogP contribution in [0.5, 0.6) is 5.75 Å². The number of ether oxygens (including phenoxy) is 1. The van der Waals surface area contributed by atoms with Gasteiger partial charge in [0, 0.05) is 36.1 Å². The number of urea groups is 1. The fourth-order valence-electron chi connectivity index (χ4n) is 5.58. The number of aromatic amines is 1. The normalized spacial score (nSPS) is 22.0. The second-order valence-corrected chi connectivity index (χ2v) is 9.33. The highest BCUT2D eigenvalue weighted by Crippen LogP contribution is 2.48. The van der Waals surface area contributed by atoms with E-state index in [1.807, 2.05) is 60.4 Å². The van der Waals surface area contributed by atoms with Crippen LogP contribution in [0.1, 0.15) is 43.6 Å². The Kier molecular flexibility index (Phi) is 5.60. The van der Waals surface area contributed by atoms with E-state index in [9.17, 15) is 9.59 Å². The van der Waals surface area contributed by atoms with E-state index in [-0.39, 0.29) is 18.0 Å². The van der Waals surface area contributed by atoms with E-state index in [4.69, 9.17) is 4.74 Å². The van der Waals surface area contributed by atoms with Crippen molar-refractivity contribution in [1.82, 2.24) is 19.7 Å². The molecule has 34 heavy (non-hydrogen) atoms.